The summed E-state index contributed by atoms with van der Waals surface area (Å²) < 4.78 is 35.7. The smallest absolute Gasteiger partial charge is 0.395 e. The zero-order valence-electron chi connectivity index (χ0n) is 17.5. The van der Waals surface area contributed by atoms with Crippen molar-refractivity contribution in [2.45, 2.75) is 44.4 Å². The number of pyridine rings is 1. The lowest BCUT2D eigenvalue weighted by molar-refractivity contribution is -0.286. The molecule has 5 rings (SSSR count). The number of fused-ring (bicyclic) bond motifs is 1. The lowest BCUT2D eigenvalue weighted by Crippen LogP contribution is -2.26. The molecule has 166 valence electrons. The molecule has 7 heteroatoms. The molecule has 0 saturated heterocycles. The summed E-state index contributed by atoms with van der Waals surface area (Å²) in [5.74, 6) is 0.714. The van der Waals surface area contributed by atoms with Gasteiger partial charge in [0.05, 0.1) is 11.1 Å². The Bertz CT molecular complexity index is 1180. The molecule has 0 amide bonds. The van der Waals surface area contributed by atoms with Crippen molar-refractivity contribution >= 4 is 11.6 Å². The van der Waals surface area contributed by atoms with Crippen LogP contribution in [0.5, 0.6) is 11.5 Å². The number of anilines is 1. The van der Waals surface area contributed by atoms with E-state index in [0.717, 1.165) is 16.9 Å². The maximum absolute atomic E-state index is 13.3. The third-order valence-corrected chi connectivity index (χ3v) is 6.04. The minimum Gasteiger partial charge on any atom is -0.395 e. The van der Waals surface area contributed by atoms with Crippen molar-refractivity contribution in [3.8, 4) is 11.5 Å². The van der Waals surface area contributed by atoms with Crippen molar-refractivity contribution in [3.05, 3.63) is 83.0 Å². The van der Waals surface area contributed by atoms with E-state index in [1.807, 2.05) is 49.4 Å². The average Bonchev–Trinajstić information content (AvgIpc) is 3.52. The minimum absolute atomic E-state index is 0. The summed E-state index contributed by atoms with van der Waals surface area (Å²) in [5, 5.41) is 3.34. The molecule has 1 aliphatic carbocycles. The van der Waals surface area contributed by atoms with Gasteiger partial charge in [0, 0.05) is 14.4 Å². The normalized spacial score (nSPS) is 17.1. The largest absolute Gasteiger partial charge is 0.586 e. The Balaban J connectivity index is 0.00000259. The highest BCUT2D eigenvalue weighted by molar-refractivity contribution is 5.94. The van der Waals surface area contributed by atoms with E-state index >= 15 is 0 Å². The van der Waals surface area contributed by atoms with Crippen molar-refractivity contribution in [1.82, 2.24) is 4.98 Å². The maximum Gasteiger partial charge on any atom is 0.586 e. The number of ether oxygens (including phenoxy) is 2. The van der Waals surface area contributed by atoms with Crippen LogP contribution in [0.25, 0.3) is 0 Å². The topological polar surface area (TPSA) is 60.5 Å². The Morgan fingerprint density at radius 3 is 2.56 bits per heavy atom. The first-order valence-corrected chi connectivity index (χ1v) is 10.5. The monoisotopic (exact) mass is 438 g/mol. The number of Topliss-reactive ketones (excluding diaryl/α,β-unsaturated/α-hetero) is 1. The van der Waals surface area contributed by atoms with Crippen molar-refractivity contribution < 1.29 is 24.5 Å². The number of nitrogens with one attached hydrogen (secondary N) is 1. The van der Waals surface area contributed by atoms with Crippen molar-refractivity contribution in [2.75, 3.05) is 5.32 Å². The van der Waals surface area contributed by atoms with E-state index in [1.54, 1.807) is 6.07 Å². The van der Waals surface area contributed by atoms with Gasteiger partial charge in [-0.2, -0.15) is 0 Å². The van der Waals surface area contributed by atoms with Gasteiger partial charge < -0.3 is 14.8 Å². The second kappa shape index (κ2) is 7.58. The van der Waals surface area contributed by atoms with Crippen molar-refractivity contribution in [1.29, 1.82) is 0 Å². The van der Waals surface area contributed by atoms with Gasteiger partial charge >= 0.3 is 6.29 Å². The van der Waals surface area contributed by atoms with E-state index in [0.29, 0.717) is 30.6 Å². The number of alkyl halides is 2. The Morgan fingerprint density at radius 2 is 1.81 bits per heavy atom. The quantitative estimate of drug-likeness (QED) is 0.534. The number of nitrogens with zero attached hydrogens (tertiary/aromatic N) is 1. The number of aromatic nitrogens is 1. The highest BCUT2D eigenvalue weighted by atomic mass is 19.3. The summed E-state index contributed by atoms with van der Waals surface area (Å²) in [4.78, 5) is 17.9. The number of carbonyl (C=O) groups excluding carboxylic acids is 1. The molecule has 1 N–H and O–H groups in total. The predicted octanol–water partition coefficient (Wildman–Crippen LogP) is 5.41. The fraction of sp³-hybridized carbons (Fsp3) is 0.280. The molecule has 1 aromatic heterocycles. The lowest BCUT2D eigenvalue weighted by Gasteiger charge is -2.16. The highest BCUT2D eigenvalue weighted by Crippen LogP contribution is 2.52. The zero-order valence-corrected chi connectivity index (χ0v) is 17.5. The first kappa shape index (κ1) is 20.4. The van der Waals surface area contributed by atoms with Crippen molar-refractivity contribution in [3.63, 3.8) is 0 Å². The number of aryl methyl sites for hydroxylation is 1. The first-order chi connectivity index (χ1) is 15.3. The third kappa shape index (κ3) is 3.90. The van der Waals surface area contributed by atoms with E-state index in [9.17, 15) is 13.6 Å². The SMILES string of the molecule is Cc1ccc(CC(=O)C2(c3ccc4c(c3)OC(F)(F)O4)CC2)nc1NCc1ccccc1.[HH]. The standard InChI is InChI=1S/C25H22F2N2O3.H2/c1-16-7-9-19(29-23(16)28-15-17-5-3-2-4-6-17)14-22(30)24(11-12-24)18-8-10-20-21(13-18)32-25(26,27)31-20;/h2-10,13H,11-12,14-15H2,1H3,(H,28,29);1H. The summed E-state index contributed by atoms with van der Waals surface area (Å²) in [6.45, 7) is 2.61. The second-order valence-corrected chi connectivity index (χ2v) is 8.32. The molecular weight excluding hydrogens is 414 g/mol. The van der Waals surface area contributed by atoms with Crippen LogP contribution in [0.15, 0.2) is 60.7 Å². The highest BCUT2D eigenvalue weighted by Gasteiger charge is 2.52. The summed E-state index contributed by atoms with van der Waals surface area (Å²) in [6, 6.07) is 18.4. The van der Waals surface area contributed by atoms with Crippen LogP contribution in [0.4, 0.5) is 14.6 Å². The van der Waals surface area contributed by atoms with Gasteiger partial charge in [0.25, 0.3) is 0 Å². The van der Waals surface area contributed by atoms with Crippen LogP contribution in [-0.4, -0.2) is 17.1 Å². The summed E-state index contributed by atoms with van der Waals surface area (Å²) in [7, 11) is 0. The van der Waals surface area contributed by atoms with Gasteiger partial charge in [-0.15, -0.1) is 8.78 Å². The number of halogens is 2. The molecule has 5 nitrogen and oxygen atoms in total. The van der Waals surface area contributed by atoms with Gasteiger partial charge in [-0.05, 0) is 54.7 Å². The first-order valence-electron chi connectivity index (χ1n) is 10.5. The van der Waals surface area contributed by atoms with E-state index < -0.39 is 11.7 Å². The molecule has 3 aromatic rings. The predicted molar refractivity (Wildman–Crippen MR) is 117 cm³/mol. The van der Waals surface area contributed by atoms with Gasteiger partial charge in [-0.1, -0.05) is 42.5 Å². The molecule has 0 radical (unpaired) electrons. The molecule has 1 saturated carbocycles. The third-order valence-electron chi connectivity index (χ3n) is 6.04. The Morgan fingerprint density at radius 1 is 1.06 bits per heavy atom. The molecule has 1 fully saturated rings. The number of hydrogen-bond donors (Lipinski definition) is 1. The van der Waals surface area contributed by atoms with E-state index in [1.165, 1.54) is 12.1 Å². The number of ketones is 1. The number of hydrogen-bond acceptors (Lipinski definition) is 5. The summed E-state index contributed by atoms with van der Waals surface area (Å²) in [6.07, 6.45) is -2.15. The molecule has 0 unspecified atom stereocenters. The Kier molecular flexibility index (Phi) is 4.84. The summed E-state index contributed by atoms with van der Waals surface area (Å²) in [5.41, 5.74) is 2.81. The molecule has 2 heterocycles. The Labute approximate surface area is 185 Å². The fourth-order valence-electron chi connectivity index (χ4n) is 4.06. The number of rotatable bonds is 7. The van der Waals surface area contributed by atoms with Crippen LogP contribution in [0.2, 0.25) is 0 Å². The Hall–Kier alpha value is -3.48. The van der Waals surface area contributed by atoms with E-state index in [-0.39, 0.29) is 25.1 Å². The molecule has 2 aliphatic rings. The molecule has 0 spiro atoms. The van der Waals surface area contributed by atoms with Crippen LogP contribution in [0.3, 0.4) is 0 Å². The molecule has 0 atom stereocenters. The number of benzene rings is 2. The van der Waals surface area contributed by atoms with E-state index in [2.05, 4.69) is 19.8 Å². The summed E-state index contributed by atoms with van der Waals surface area (Å²) >= 11 is 0. The lowest BCUT2D eigenvalue weighted by atomic mass is 9.88. The average molecular weight is 438 g/mol. The van der Waals surface area contributed by atoms with Crippen LogP contribution >= 0.6 is 0 Å². The van der Waals surface area contributed by atoms with Crippen LogP contribution in [0.1, 0.15) is 36.7 Å². The van der Waals surface area contributed by atoms with E-state index in [4.69, 9.17) is 0 Å². The molecule has 1 aliphatic heterocycles. The fourth-order valence-corrected chi connectivity index (χ4v) is 4.06. The van der Waals surface area contributed by atoms with Gasteiger partial charge in [-0.3, -0.25) is 4.79 Å². The molecule has 0 bridgehead atoms. The minimum atomic E-state index is -3.67. The maximum atomic E-state index is 13.3. The van der Waals surface area contributed by atoms with Crippen LogP contribution < -0.4 is 14.8 Å². The van der Waals surface area contributed by atoms with Crippen molar-refractivity contribution in [2.24, 2.45) is 0 Å². The second-order valence-electron chi connectivity index (χ2n) is 8.32. The van der Waals surface area contributed by atoms with Gasteiger partial charge in [0.2, 0.25) is 0 Å². The van der Waals surface area contributed by atoms with Crippen LogP contribution in [-0.2, 0) is 23.2 Å². The van der Waals surface area contributed by atoms with Gasteiger partial charge in [-0.25, -0.2) is 4.98 Å². The van der Waals surface area contributed by atoms with Gasteiger partial charge in [0.1, 0.15) is 11.6 Å². The molecule has 2 aromatic carbocycles. The number of carbonyl (C=O) groups is 1. The van der Waals surface area contributed by atoms with Crippen LogP contribution in [0, 0.1) is 6.92 Å². The molecule has 32 heavy (non-hydrogen) atoms. The van der Waals surface area contributed by atoms with Gasteiger partial charge in [0.15, 0.2) is 11.5 Å². The molecular formula is C25H24F2N2O3. The zero-order chi connectivity index (χ0) is 22.3.